The van der Waals surface area contributed by atoms with Gasteiger partial charge >= 0.3 is 0 Å². The number of hydrogen-bond acceptors (Lipinski definition) is 5. The SMILES string of the molecule is CCc1ccc2nc(Nc3cc(C)c4c(C)nn(-c5ccccc5)c4n3)sc2c1. The molecule has 0 amide bonds. The average Bonchev–Trinajstić information content (AvgIpc) is 3.28. The first-order valence-electron chi connectivity index (χ1n) is 9.71. The number of thiazole rings is 1. The number of anilines is 2. The molecule has 0 unspecified atom stereocenters. The molecule has 2 aromatic carbocycles. The number of rotatable bonds is 4. The number of fused-ring (bicyclic) bond motifs is 2. The van der Waals surface area contributed by atoms with Crippen molar-refractivity contribution in [1.29, 1.82) is 0 Å². The summed E-state index contributed by atoms with van der Waals surface area (Å²) in [4.78, 5) is 9.61. The Kier molecular flexibility index (Phi) is 4.28. The molecule has 5 nitrogen and oxygen atoms in total. The molecule has 6 heteroatoms. The molecule has 29 heavy (non-hydrogen) atoms. The molecule has 5 aromatic rings. The molecule has 0 fully saturated rings. The second-order valence-corrected chi connectivity index (χ2v) is 8.19. The lowest BCUT2D eigenvalue weighted by atomic mass is 10.1. The van der Waals surface area contributed by atoms with E-state index in [1.807, 2.05) is 41.9 Å². The molecule has 1 N–H and O–H groups in total. The monoisotopic (exact) mass is 399 g/mol. The highest BCUT2D eigenvalue weighted by atomic mass is 32.1. The van der Waals surface area contributed by atoms with Crippen molar-refractivity contribution in [3.05, 3.63) is 71.4 Å². The Morgan fingerprint density at radius 2 is 1.83 bits per heavy atom. The fourth-order valence-electron chi connectivity index (χ4n) is 3.67. The summed E-state index contributed by atoms with van der Waals surface area (Å²) in [5, 5.41) is 10.1. The van der Waals surface area contributed by atoms with E-state index in [1.165, 1.54) is 10.3 Å². The van der Waals surface area contributed by atoms with E-state index in [-0.39, 0.29) is 0 Å². The van der Waals surface area contributed by atoms with Crippen LogP contribution in [0.4, 0.5) is 10.9 Å². The van der Waals surface area contributed by atoms with Crippen molar-refractivity contribution in [3.8, 4) is 5.69 Å². The molecular formula is C23H21N5S. The normalized spacial score (nSPS) is 11.4. The minimum absolute atomic E-state index is 0.779. The van der Waals surface area contributed by atoms with E-state index in [0.717, 1.165) is 50.9 Å². The van der Waals surface area contributed by atoms with Gasteiger partial charge in [0, 0.05) is 5.39 Å². The van der Waals surface area contributed by atoms with E-state index in [0.29, 0.717) is 0 Å². The molecule has 0 aliphatic heterocycles. The van der Waals surface area contributed by atoms with Crippen LogP contribution >= 0.6 is 11.3 Å². The summed E-state index contributed by atoms with van der Waals surface area (Å²) in [6.07, 6.45) is 1.02. The first-order chi connectivity index (χ1) is 14.1. The Labute approximate surface area is 173 Å². The van der Waals surface area contributed by atoms with Crippen molar-refractivity contribution in [2.24, 2.45) is 0 Å². The van der Waals surface area contributed by atoms with Gasteiger partial charge in [-0.1, -0.05) is 42.5 Å². The standard InChI is InChI=1S/C23H21N5S/c1-4-16-10-11-18-19(13-16)29-23(24-18)26-20-12-14(2)21-15(3)27-28(22(21)25-20)17-8-6-5-7-9-17/h5-13H,4H2,1-3H3,(H,24,25,26). The van der Waals surface area contributed by atoms with Crippen LogP contribution in [-0.2, 0) is 6.42 Å². The van der Waals surface area contributed by atoms with E-state index in [4.69, 9.17) is 15.1 Å². The number of para-hydroxylation sites is 1. The second kappa shape index (κ2) is 6.97. The maximum absolute atomic E-state index is 4.89. The Morgan fingerprint density at radius 1 is 1.00 bits per heavy atom. The summed E-state index contributed by atoms with van der Waals surface area (Å²) in [5.41, 5.74) is 6.31. The van der Waals surface area contributed by atoms with E-state index in [1.54, 1.807) is 11.3 Å². The van der Waals surface area contributed by atoms with Crippen LogP contribution in [0.5, 0.6) is 0 Å². The summed E-state index contributed by atoms with van der Waals surface area (Å²) in [5.74, 6) is 0.779. The van der Waals surface area contributed by atoms with Crippen molar-refractivity contribution >= 4 is 43.5 Å². The number of benzene rings is 2. The van der Waals surface area contributed by atoms with Crippen LogP contribution < -0.4 is 5.32 Å². The van der Waals surface area contributed by atoms with Gasteiger partial charge in [0.25, 0.3) is 0 Å². The van der Waals surface area contributed by atoms with E-state index in [2.05, 4.69) is 43.4 Å². The van der Waals surface area contributed by atoms with Crippen molar-refractivity contribution in [1.82, 2.24) is 19.7 Å². The van der Waals surface area contributed by atoms with Gasteiger partial charge in [-0.15, -0.1) is 0 Å². The molecule has 5 rings (SSSR count). The van der Waals surface area contributed by atoms with Crippen molar-refractivity contribution in [3.63, 3.8) is 0 Å². The van der Waals surface area contributed by atoms with Gasteiger partial charge in [-0.3, -0.25) is 0 Å². The van der Waals surface area contributed by atoms with Gasteiger partial charge in [-0.2, -0.15) is 5.10 Å². The highest BCUT2D eigenvalue weighted by molar-refractivity contribution is 7.22. The first kappa shape index (κ1) is 17.8. The third-order valence-electron chi connectivity index (χ3n) is 5.11. The summed E-state index contributed by atoms with van der Waals surface area (Å²) >= 11 is 1.65. The van der Waals surface area contributed by atoms with Crippen molar-refractivity contribution in [2.45, 2.75) is 27.2 Å². The summed E-state index contributed by atoms with van der Waals surface area (Å²) < 4.78 is 3.10. The van der Waals surface area contributed by atoms with Crippen LogP contribution in [0.15, 0.2) is 54.6 Å². The van der Waals surface area contributed by atoms with Crippen LogP contribution in [0.1, 0.15) is 23.7 Å². The van der Waals surface area contributed by atoms with Gasteiger partial charge in [0.05, 0.1) is 21.6 Å². The molecular weight excluding hydrogens is 378 g/mol. The lowest BCUT2D eigenvalue weighted by Gasteiger charge is -2.07. The molecule has 0 saturated carbocycles. The summed E-state index contributed by atoms with van der Waals surface area (Å²) in [7, 11) is 0. The highest BCUT2D eigenvalue weighted by Gasteiger charge is 2.15. The zero-order valence-corrected chi connectivity index (χ0v) is 17.4. The van der Waals surface area contributed by atoms with Gasteiger partial charge in [-0.05, 0) is 61.7 Å². The maximum atomic E-state index is 4.89. The highest BCUT2D eigenvalue weighted by Crippen LogP contribution is 2.31. The predicted octanol–water partition coefficient (Wildman–Crippen LogP) is 5.95. The molecule has 0 spiro atoms. The minimum Gasteiger partial charge on any atom is -0.316 e. The Morgan fingerprint density at radius 3 is 2.62 bits per heavy atom. The van der Waals surface area contributed by atoms with Gasteiger partial charge in [0.2, 0.25) is 0 Å². The number of aryl methyl sites for hydroxylation is 3. The molecule has 0 aliphatic carbocycles. The molecule has 0 aliphatic rings. The fourth-order valence-corrected chi connectivity index (χ4v) is 4.61. The fraction of sp³-hybridized carbons (Fsp3) is 0.174. The largest absolute Gasteiger partial charge is 0.316 e. The van der Waals surface area contributed by atoms with Gasteiger partial charge in [0.15, 0.2) is 10.8 Å². The Bertz CT molecular complexity index is 1330. The van der Waals surface area contributed by atoms with Crippen LogP contribution in [-0.4, -0.2) is 19.7 Å². The van der Waals surface area contributed by atoms with Crippen molar-refractivity contribution < 1.29 is 0 Å². The third kappa shape index (κ3) is 3.15. The van der Waals surface area contributed by atoms with Crippen LogP contribution in [0.25, 0.3) is 26.9 Å². The van der Waals surface area contributed by atoms with Gasteiger partial charge < -0.3 is 5.32 Å². The van der Waals surface area contributed by atoms with Crippen LogP contribution in [0.2, 0.25) is 0 Å². The Hall–Kier alpha value is -3.25. The average molecular weight is 400 g/mol. The smallest absolute Gasteiger partial charge is 0.189 e. The Balaban J connectivity index is 1.59. The van der Waals surface area contributed by atoms with Crippen molar-refractivity contribution in [2.75, 3.05) is 5.32 Å². The summed E-state index contributed by atoms with van der Waals surface area (Å²) in [6.45, 7) is 6.30. The minimum atomic E-state index is 0.779. The maximum Gasteiger partial charge on any atom is 0.189 e. The molecule has 144 valence electrons. The number of aromatic nitrogens is 4. The zero-order chi connectivity index (χ0) is 20.0. The quantitative estimate of drug-likeness (QED) is 0.405. The van der Waals surface area contributed by atoms with E-state index < -0.39 is 0 Å². The summed E-state index contributed by atoms with van der Waals surface area (Å²) in [6, 6.07) is 18.6. The molecule has 3 heterocycles. The number of hydrogen-bond donors (Lipinski definition) is 1. The second-order valence-electron chi connectivity index (χ2n) is 7.16. The van der Waals surface area contributed by atoms with E-state index in [9.17, 15) is 0 Å². The van der Waals surface area contributed by atoms with E-state index >= 15 is 0 Å². The molecule has 0 radical (unpaired) electrons. The number of pyridine rings is 1. The van der Waals surface area contributed by atoms with Gasteiger partial charge in [0.1, 0.15) is 5.82 Å². The molecule has 0 atom stereocenters. The van der Waals surface area contributed by atoms with Crippen LogP contribution in [0, 0.1) is 13.8 Å². The molecule has 0 bridgehead atoms. The third-order valence-corrected chi connectivity index (χ3v) is 6.04. The topological polar surface area (TPSA) is 55.6 Å². The molecule has 3 aromatic heterocycles. The number of nitrogens with zero attached hydrogens (tertiary/aromatic N) is 4. The first-order valence-corrected chi connectivity index (χ1v) is 10.5. The molecule has 0 saturated heterocycles. The predicted molar refractivity (Wildman–Crippen MR) is 121 cm³/mol. The lowest BCUT2D eigenvalue weighted by Crippen LogP contribution is -2.00. The van der Waals surface area contributed by atoms with Crippen LogP contribution in [0.3, 0.4) is 0 Å². The zero-order valence-electron chi connectivity index (χ0n) is 16.6. The lowest BCUT2D eigenvalue weighted by molar-refractivity contribution is 0.878. The van der Waals surface area contributed by atoms with Gasteiger partial charge in [-0.25, -0.2) is 14.6 Å². The number of nitrogens with one attached hydrogen (secondary N) is 1.